The van der Waals surface area contributed by atoms with Crippen LogP contribution in [0.25, 0.3) is 0 Å². The molecule has 0 amide bonds. The first kappa shape index (κ1) is 10.1. The minimum absolute atomic E-state index is 0.326. The van der Waals surface area contributed by atoms with E-state index in [4.69, 9.17) is 0 Å². The predicted molar refractivity (Wildman–Crippen MR) is 69.3 cm³/mol. The van der Waals surface area contributed by atoms with Gasteiger partial charge in [0.05, 0.1) is 6.04 Å². The number of fused-ring (bicyclic) bond motifs is 1. The third-order valence-electron chi connectivity index (χ3n) is 3.08. The summed E-state index contributed by atoms with van der Waals surface area (Å²) < 4.78 is 1.17. The highest BCUT2D eigenvalue weighted by molar-refractivity contribution is 9.10. The molecule has 1 atom stereocenters. The maximum Gasteiger partial charge on any atom is 0.0593 e. The molecule has 0 fully saturated rings. The molecule has 1 N–H and O–H groups in total. The second-order valence-corrected chi connectivity index (χ2v) is 4.89. The van der Waals surface area contributed by atoms with E-state index in [0.29, 0.717) is 6.04 Å². The zero-order valence-electron chi connectivity index (χ0n) is 8.78. The maximum absolute atomic E-state index is 3.62. The van der Waals surface area contributed by atoms with E-state index in [1.807, 2.05) is 0 Å². The molecule has 2 heteroatoms. The average Bonchev–Trinajstić information content (AvgIpc) is 2.74. The smallest absolute Gasteiger partial charge is 0.0593 e. The van der Waals surface area contributed by atoms with Crippen LogP contribution < -0.4 is 5.32 Å². The Bertz CT molecular complexity index is 522. The average molecular weight is 274 g/mol. The van der Waals surface area contributed by atoms with E-state index in [9.17, 15) is 0 Å². The highest BCUT2D eigenvalue weighted by Gasteiger charge is 2.23. The molecule has 1 aliphatic rings. The van der Waals surface area contributed by atoms with Crippen LogP contribution >= 0.6 is 15.9 Å². The van der Waals surface area contributed by atoms with Crippen LogP contribution in [0.2, 0.25) is 0 Å². The van der Waals surface area contributed by atoms with E-state index < -0.39 is 0 Å². The van der Waals surface area contributed by atoms with Crippen molar-refractivity contribution < 1.29 is 0 Å². The van der Waals surface area contributed by atoms with Gasteiger partial charge in [0.1, 0.15) is 0 Å². The summed E-state index contributed by atoms with van der Waals surface area (Å²) in [6, 6.07) is 17.3. The third-order valence-corrected chi connectivity index (χ3v) is 3.80. The summed E-state index contributed by atoms with van der Waals surface area (Å²) >= 11 is 3.62. The number of benzene rings is 2. The van der Waals surface area contributed by atoms with E-state index >= 15 is 0 Å². The van der Waals surface area contributed by atoms with Gasteiger partial charge < -0.3 is 5.32 Å². The summed E-state index contributed by atoms with van der Waals surface area (Å²) in [7, 11) is 0. The van der Waals surface area contributed by atoms with Gasteiger partial charge in [-0.15, -0.1) is 0 Å². The van der Waals surface area contributed by atoms with Gasteiger partial charge in [-0.3, -0.25) is 0 Å². The first-order chi connectivity index (χ1) is 7.86. The molecule has 2 aromatic carbocycles. The van der Waals surface area contributed by atoms with Crippen LogP contribution in [0.1, 0.15) is 22.7 Å². The van der Waals surface area contributed by atoms with E-state index in [1.54, 1.807) is 0 Å². The van der Waals surface area contributed by atoms with Gasteiger partial charge in [-0.1, -0.05) is 58.4 Å². The molecule has 16 heavy (non-hydrogen) atoms. The molecular formula is C14H12BrN. The summed E-state index contributed by atoms with van der Waals surface area (Å²) in [4.78, 5) is 0. The zero-order valence-corrected chi connectivity index (χ0v) is 10.4. The Hall–Kier alpha value is -1.12. The van der Waals surface area contributed by atoms with Crippen LogP contribution in [0.5, 0.6) is 0 Å². The van der Waals surface area contributed by atoms with Crippen molar-refractivity contribution in [2.45, 2.75) is 12.6 Å². The Balaban J connectivity index is 2.08. The number of hydrogen-bond donors (Lipinski definition) is 1. The molecule has 0 radical (unpaired) electrons. The van der Waals surface area contributed by atoms with Gasteiger partial charge in [-0.05, 0) is 22.8 Å². The Morgan fingerprint density at radius 2 is 1.62 bits per heavy atom. The fourth-order valence-corrected chi connectivity index (χ4v) is 2.80. The highest BCUT2D eigenvalue weighted by atomic mass is 79.9. The van der Waals surface area contributed by atoms with Crippen molar-refractivity contribution in [1.29, 1.82) is 0 Å². The van der Waals surface area contributed by atoms with Gasteiger partial charge in [0.25, 0.3) is 0 Å². The topological polar surface area (TPSA) is 12.0 Å². The summed E-state index contributed by atoms with van der Waals surface area (Å²) in [5.41, 5.74) is 4.12. The SMILES string of the molecule is Brc1ccccc1C1NCc2ccccc21. The molecule has 1 nitrogen and oxygen atoms in total. The van der Waals surface area contributed by atoms with Crippen molar-refractivity contribution in [2.24, 2.45) is 0 Å². The highest BCUT2D eigenvalue weighted by Crippen LogP contribution is 2.34. The molecule has 0 aromatic heterocycles. The first-order valence-corrected chi connectivity index (χ1v) is 6.21. The van der Waals surface area contributed by atoms with Crippen LogP contribution in [0.4, 0.5) is 0 Å². The summed E-state index contributed by atoms with van der Waals surface area (Å²) in [5, 5.41) is 3.55. The molecule has 80 valence electrons. The lowest BCUT2D eigenvalue weighted by Gasteiger charge is -2.14. The third kappa shape index (κ3) is 1.58. The van der Waals surface area contributed by atoms with E-state index in [1.165, 1.54) is 21.2 Å². The van der Waals surface area contributed by atoms with Crippen molar-refractivity contribution in [3.63, 3.8) is 0 Å². The monoisotopic (exact) mass is 273 g/mol. The number of halogens is 1. The Morgan fingerprint density at radius 3 is 2.44 bits per heavy atom. The fraction of sp³-hybridized carbons (Fsp3) is 0.143. The lowest BCUT2D eigenvalue weighted by atomic mass is 9.99. The summed E-state index contributed by atoms with van der Waals surface area (Å²) in [5.74, 6) is 0. The van der Waals surface area contributed by atoms with Crippen LogP contribution in [-0.4, -0.2) is 0 Å². The Kier molecular flexibility index (Phi) is 2.54. The molecule has 1 heterocycles. The largest absolute Gasteiger partial charge is 0.302 e. The number of rotatable bonds is 1. The molecule has 0 aliphatic carbocycles. The zero-order chi connectivity index (χ0) is 11.0. The predicted octanol–water partition coefficient (Wildman–Crippen LogP) is 3.64. The van der Waals surface area contributed by atoms with Crippen LogP contribution in [0.15, 0.2) is 53.0 Å². The molecule has 1 aliphatic heterocycles. The molecule has 3 rings (SSSR count). The van der Waals surface area contributed by atoms with Crippen LogP contribution in [0.3, 0.4) is 0 Å². The van der Waals surface area contributed by atoms with Gasteiger partial charge in [-0.2, -0.15) is 0 Å². The number of hydrogen-bond acceptors (Lipinski definition) is 1. The normalized spacial score (nSPS) is 18.4. The molecular weight excluding hydrogens is 262 g/mol. The minimum atomic E-state index is 0.326. The summed E-state index contributed by atoms with van der Waals surface area (Å²) in [6.45, 7) is 0.960. The standard InChI is InChI=1S/C14H12BrN/c15-13-8-4-3-7-12(13)14-11-6-2-1-5-10(11)9-16-14/h1-8,14,16H,9H2. The van der Waals surface area contributed by atoms with E-state index in [2.05, 4.69) is 69.8 Å². The van der Waals surface area contributed by atoms with Gasteiger partial charge in [0, 0.05) is 11.0 Å². The first-order valence-electron chi connectivity index (χ1n) is 5.42. The van der Waals surface area contributed by atoms with E-state index in [0.717, 1.165) is 6.54 Å². The van der Waals surface area contributed by atoms with Crippen molar-refractivity contribution in [3.8, 4) is 0 Å². The Labute approximate surface area is 104 Å². The van der Waals surface area contributed by atoms with Gasteiger partial charge in [-0.25, -0.2) is 0 Å². The maximum atomic E-state index is 3.62. The minimum Gasteiger partial charge on any atom is -0.302 e. The summed E-state index contributed by atoms with van der Waals surface area (Å²) in [6.07, 6.45) is 0. The second kappa shape index (κ2) is 4.04. The molecule has 0 spiro atoms. The van der Waals surface area contributed by atoms with Crippen molar-refractivity contribution >= 4 is 15.9 Å². The fourth-order valence-electron chi connectivity index (χ4n) is 2.29. The molecule has 0 saturated heterocycles. The van der Waals surface area contributed by atoms with Gasteiger partial charge in [0.15, 0.2) is 0 Å². The molecule has 1 unspecified atom stereocenters. The van der Waals surface area contributed by atoms with Crippen molar-refractivity contribution in [1.82, 2.24) is 5.32 Å². The Morgan fingerprint density at radius 1 is 0.938 bits per heavy atom. The number of nitrogens with one attached hydrogen (secondary N) is 1. The molecule has 2 aromatic rings. The van der Waals surface area contributed by atoms with Gasteiger partial charge in [0.2, 0.25) is 0 Å². The molecule has 0 bridgehead atoms. The molecule has 0 saturated carbocycles. The quantitative estimate of drug-likeness (QED) is 0.837. The van der Waals surface area contributed by atoms with Crippen LogP contribution in [0, 0.1) is 0 Å². The lowest BCUT2D eigenvalue weighted by Crippen LogP contribution is -2.13. The van der Waals surface area contributed by atoms with Crippen molar-refractivity contribution in [3.05, 3.63) is 69.7 Å². The van der Waals surface area contributed by atoms with Crippen molar-refractivity contribution in [2.75, 3.05) is 0 Å². The lowest BCUT2D eigenvalue weighted by molar-refractivity contribution is 0.665. The van der Waals surface area contributed by atoms with Crippen LogP contribution in [-0.2, 0) is 6.54 Å². The second-order valence-electron chi connectivity index (χ2n) is 4.03. The van der Waals surface area contributed by atoms with E-state index in [-0.39, 0.29) is 0 Å². The van der Waals surface area contributed by atoms with Gasteiger partial charge >= 0.3 is 0 Å².